The molecular weight excluding hydrogens is 224 g/mol. The summed E-state index contributed by atoms with van der Waals surface area (Å²) < 4.78 is 0. The van der Waals surface area contributed by atoms with E-state index in [0.29, 0.717) is 5.02 Å². The zero-order valence-electron chi connectivity index (χ0n) is 9.06. The molecule has 3 heterocycles. The molecular formula is C11H15ClN4. The summed E-state index contributed by atoms with van der Waals surface area (Å²) in [6, 6.07) is 0. The molecule has 2 fully saturated rings. The molecule has 0 radical (unpaired) electrons. The van der Waals surface area contributed by atoms with Crippen LogP contribution in [0.15, 0.2) is 12.5 Å². The van der Waals surface area contributed by atoms with Crippen molar-refractivity contribution in [3.8, 4) is 0 Å². The van der Waals surface area contributed by atoms with Crippen molar-refractivity contribution >= 4 is 17.4 Å². The number of piperidine rings is 1. The van der Waals surface area contributed by atoms with Crippen LogP contribution in [0.2, 0.25) is 5.02 Å². The SMILES string of the molecule is Clc1cncnc1N1CCC2CNCC2C1. The van der Waals surface area contributed by atoms with Crippen LogP contribution in [-0.4, -0.2) is 36.1 Å². The van der Waals surface area contributed by atoms with Gasteiger partial charge in [-0.05, 0) is 31.3 Å². The lowest BCUT2D eigenvalue weighted by Gasteiger charge is -2.35. The molecule has 1 aromatic rings. The number of aromatic nitrogens is 2. The van der Waals surface area contributed by atoms with Gasteiger partial charge in [0.15, 0.2) is 5.82 Å². The maximum Gasteiger partial charge on any atom is 0.150 e. The Hall–Kier alpha value is -0.870. The molecule has 1 aromatic heterocycles. The maximum atomic E-state index is 6.12. The van der Waals surface area contributed by atoms with E-state index >= 15 is 0 Å². The molecule has 1 N–H and O–H groups in total. The first-order valence-corrected chi connectivity index (χ1v) is 6.13. The molecule has 0 saturated carbocycles. The predicted octanol–water partition coefficient (Wildman–Crippen LogP) is 1.18. The second kappa shape index (κ2) is 4.18. The minimum atomic E-state index is 0.659. The van der Waals surface area contributed by atoms with E-state index in [2.05, 4.69) is 20.2 Å². The lowest BCUT2D eigenvalue weighted by Crippen LogP contribution is -2.40. The molecule has 0 spiro atoms. The Bertz CT molecular complexity index is 384. The van der Waals surface area contributed by atoms with Crippen LogP contribution in [0.3, 0.4) is 0 Å². The third-order valence-corrected chi connectivity index (χ3v) is 3.92. The average Bonchev–Trinajstić information content (AvgIpc) is 2.76. The molecule has 16 heavy (non-hydrogen) atoms. The predicted molar refractivity (Wildman–Crippen MR) is 63.7 cm³/mol. The monoisotopic (exact) mass is 238 g/mol. The molecule has 2 saturated heterocycles. The van der Waals surface area contributed by atoms with Crippen molar-refractivity contribution in [2.75, 3.05) is 31.1 Å². The molecule has 5 heteroatoms. The number of fused-ring (bicyclic) bond motifs is 1. The Morgan fingerprint density at radius 1 is 1.38 bits per heavy atom. The molecule has 0 bridgehead atoms. The summed E-state index contributed by atoms with van der Waals surface area (Å²) >= 11 is 6.12. The lowest BCUT2D eigenvalue weighted by atomic mass is 9.89. The Balaban J connectivity index is 1.79. The highest BCUT2D eigenvalue weighted by atomic mass is 35.5. The number of halogens is 1. The van der Waals surface area contributed by atoms with Crippen molar-refractivity contribution in [3.05, 3.63) is 17.5 Å². The van der Waals surface area contributed by atoms with Crippen LogP contribution in [-0.2, 0) is 0 Å². The van der Waals surface area contributed by atoms with Gasteiger partial charge >= 0.3 is 0 Å². The van der Waals surface area contributed by atoms with E-state index in [4.69, 9.17) is 11.6 Å². The number of hydrogen-bond donors (Lipinski definition) is 1. The fraction of sp³-hybridized carbons (Fsp3) is 0.636. The topological polar surface area (TPSA) is 41.1 Å². The van der Waals surface area contributed by atoms with E-state index < -0.39 is 0 Å². The van der Waals surface area contributed by atoms with Crippen LogP contribution in [0.1, 0.15) is 6.42 Å². The Morgan fingerprint density at radius 2 is 2.25 bits per heavy atom. The summed E-state index contributed by atoms with van der Waals surface area (Å²) in [5.74, 6) is 2.48. The number of nitrogens with one attached hydrogen (secondary N) is 1. The number of hydrogen-bond acceptors (Lipinski definition) is 4. The molecule has 2 aliphatic rings. The fourth-order valence-corrected chi connectivity index (χ4v) is 2.99. The van der Waals surface area contributed by atoms with E-state index in [-0.39, 0.29) is 0 Å². The molecule has 2 unspecified atom stereocenters. The van der Waals surface area contributed by atoms with Crippen molar-refractivity contribution in [1.29, 1.82) is 0 Å². The van der Waals surface area contributed by atoms with Crippen molar-refractivity contribution < 1.29 is 0 Å². The van der Waals surface area contributed by atoms with Crippen LogP contribution >= 0.6 is 11.6 Å². The van der Waals surface area contributed by atoms with Gasteiger partial charge in [-0.1, -0.05) is 11.6 Å². The van der Waals surface area contributed by atoms with Gasteiger partial charge in [-0.3, -0.25) is 0 Å². The molecule has 2 atom stereocenters. The minimum Gasteiger partial charge on any atom is -0.355 e. The van der Waals surface area contributed by atoms with Gasteiger partial charge in [-0.2, -0.15) is 0 Å². The average molecular weight is 239 g/mol. The highest BCUT2D eigenvalue weighted by Crippen LogP contribution is 2.31. The van der Waals surface area contributed by atoms with Gasteiger partial charge in [-0.15, -0.1) is 0 Å². The lowest BCUT2D eigenvalue weighted by molar-refractivity contribution is 0.347. The smallest absolute Gasteiger partial charge is 0.150 e. The van der Waals surface area contributed by atoms with Gasteiger partial charge in [0.2, 0.25) is 0 Å². The highest BCUT2D eigenvalue weighted by molar-refractivity contribution is 6.32. The second-order valence-electron chi connectivity index (χ2n) is 4.61. The summed E-state index contributed by atoms with van der Waals surface area (Å²) in [5, 5.41) is 4.12. The van der Waals surface area contributed by atoms with Crippen LogP contribution < -0.4 is 10.2 Å². The minimum absolute atomic E-state index is 0.659. The van der Waals surface area contributed by atoms with Crippen LogP contribution in [0.4, 0.5) is 5.82 Å². The number of anilines is 1. The number of rotatable bonds is 1. The first-order chi connectivity index (χ1) is 7.84. The summed E-state index contributed by atoms with van der Waals surface area (Å²) in [5.41, 5.74) is 0. The molecule has 3 rings (SSSR count). The third-order valence-electron chi connectivity index (χ3n) is 3.65. The van der Waals surface area contributed by atoms with E-state index in [1.807, 2.05) is 0 Å². The van der Waals surface area contributed by atoms with E-state index in [0.717, 1.165) is 37.3 Å². The Labute approximate surface area is 100 Å². The molecule has 0 aliphatic carbocycles. The van der Waals surface area contributed by atoms with Crippen LogP contribution in [0, 0.1) is 11.8 Å². The van der Waals surface area contributed by atoms with Gasteiger partial charge in [0.1, 0.15) is 11.3 Å². The summed E-state index contributed by atoms with van der Waals surface area (Å²) in [6.07, 6.45) is 4.47. The van der Waals surface area contributed by atoms with Gasteiger partial charge < -0.3 is 10.2 Å². The van der Waals surface area contributed by atoms with Crippen LogP contribution in [0.25, 0.3) is 0 Å². The van der Waals surface area contributed by atoms with Crippen molar-refractivity contribution in [2.24, 2.45) is 11.8 Å². The Kier molecular flexibility index (Phi) is 2.69. The molecule has 0 amide bonds. The van der Waals surface area contributed by atoms with E-state index in [1.54, 1.807) is 12.5 Å². The second-order valence-corrected chi connectivity index (χ2v) is 5.01. The summed E-state index contributed by atoms with van der Waals surface area (Å²) in [4.78, 5) is 10.5. The third kappa shape index (κ3) is 1.76. The standard InChI is InChI=1S/C11H15ClN4/c12-10-5-14-7-15-11(10)16-2-1-8-3-13-4-9(8)6-16/h5,7-9,13H,1-4,6H2. The molecule has 86 valence electrons. The molecule has 0 aromatic carbocycles. The van der Waals surface area contributed by atoms with Gasteiger partial charge in [-0.25, -0.2) is 9.97 Å². The van der Waals surface area contributed by atoms with Gasteiger partial charge in [0.05, 0.1) is 6.20 Å². The van der Waals surface area contributed by atoms with Gasteiger partial charge in [0.25, 0.3) is 0 Å². The van der Waals surface area contributed by atoms with Crippen molar-refractivity contribution in [3.63, 3.8) is 0 Å². The summed E-state index contributed by atoms with van der Waals surface area (Å²) in [6.45, 7) is 4.42. The van der Waals surface area contributed by atoms with Gasteiger partial charge in [0, 0.05) is 13.1 Å². The van der Waals surface area contributed by atoms with Crippen molar-refractivity contribution in [2.45, 2.75) is 6.42 Å². The van der Waals surface area contributed by atoms with E-state index in [1.165, 1.54) is 13.0 Å². The zero-order valence-corrected chi connectivity index (χ0v) is 9.82. The highest BCUT2D eigenvalue weighted by Gasteiger charge is 2.33. The Morgan fingerprint density at radius 3 is 3.12 bits per heavy atom. The molecule has 4 nitrogen and oxygen atoms in total. The van der Waals surface area contributed by atoms with Crippen LogP contribution in [0.5, 0.6) is 0 Å². The maximum absolute atomic E-state index is 6.12. The largest absolute Gasteiger partial charge is 0.355 e. The normalized spacial score (nSPS) is 29.2. The van der Waals surface area contributed by atoms with Crippen molar-refractivity contribution in [1.82, 2.24) is 15.3 Å². The first kappa shape index (κ1) is 10.3. The zero-order chi connectivity index (χ0) is 11.0. The fourth-order valence-electron chi connectivity index (χ4n) is 2.77. The molecule has 2 aliphatic heterocycles. The quantitative estimate of drug-likeness (QED) is 0.798. The summed E-state index contributed by atoms with van der Waals surface area (Å²) in [7, 11) is 0. The first-order valence-electron chi connectivity index (χ1n) is 5.76. The number of nitrogens with zero attached hydrogens (tertiary/aromatic N) is 3. The van der Waals surface area contributed by atoms with E-state index in [9.17, 15) is 0 Å².